The van der Waals surface area contributed by atoms with Crippen LogP contribution in [0.5, 0.6) is 0 Å². The van der Waals surface area contributed by atoms with Gasteiger partial charge in [-0.25, -0.2) is 0 Å². The number of hydrogen-bond acceptors (Lipinski definition) is 3. The van der Waals surface area contributed by atoms with Crippen LogP contribution in [-0.4, -0.2) is 27.8 Å². The fourth-order valence-electron chi connectivity index (χ4n) is 1.73. The Kier molecular flexibility index (Phi) is 5.85. The molecule has 1 amide bonds. The maximum absolute atomic E-state index is 11.9. The first kappa shape index (κ1) is 14.7. The molecule has 2 N–H and O–H groups in total. The highest BCUT2D eigenvalue weighted by Gasteiger charge is 2.15. The average Bonchev–Trinajstić information content (AvgIpc) is 2.78. The first-order valence-corrected chi connectivity index (χ1v) is 6.59. The molecular weight excluding hydrogens is 228 g/mol. The summed E-state index contributed by atoms with van der Waals surface area (Å²) in [7, 11) is 1.88. The number of nitrogens with one attached hydrogen (secondary N) is 2. The summed E-state index contributed by atoms with van der Waals surface area (Å²) < 4.78 is 1.76. The molecule has 0 aliphatic heterocycles. The number of rotatable bonds is 7. The van der Waals surface area contributed by atoms with E-state index in [0.717, 1.165) is 18.5 Å². The zero-order valence-electron chi connectivity index (χ0n) is 11.7. The van der Waals surface area contributed by atoms with Crippen LogP contribution in [0.1, 0.15) is 39.3 Å². The van der Waals surface area contributed by atoms with Crippen molar-refractivity contribution in [3.8, 4) is 0 Å². The van der Waals surface area contributed by atoms with E-state index >= 15 is 0 Å². The predicted molar refractivity (Wildman–Crippen MR) is 72.0 cm³/mol. The molecule has 1 aromatic rings. The van der Waals surface area contributed by atoms with Crippen LogP contribution in [0.2, 0.25) is 0 Å². The third kappa shape index (κ3) is 4.49. The second-order valence-corrected chi connectivity index (χ2v) is 4.61. The van der Waals surface area contributed by atoms with Gasteiger partial charge in [0, 0.05) is 25.8 Å². The lowest BCUT2D eigenvalue weighted by molar-refractivity contribution is -0.123. The smallest absolute Gasteiger partial charge is 0.237 e. The maximum atomic E-state index is 11.9. The van der Waals surface area contributed by atoms with Gasteiger partial charge in [-0.1, -0.05) is 13.8 Å². The minimum atomic E-state index is -0.201. The zero-order valence-corrected chi connectivity index (χ0v) is 11.7. The molecule has 0 saturated carbocycles. The number of nitrogens with zero attached hydrogens (tertiary/aromatic N) is 2. The number of carbonyl (C=O) groups excluding carboxylic acids is 1. The first-order chi connectivity index (χ1) is 8.56. The molecular formula is C13H24N4O. The number of aryl methyl sites for hydroxylation is 1. The van der Waals surface area contributed by atoms with Crippen LogP contribution in [0.15, 0.2) is 12.3 Å². The number of carbonyl (C=O) groups is 1. The highest BCUT2D eigenvalue weighted by Crippen LogP contribution is 1.98. The Morgan fingerprint density at radius 3 is 2.61 bits per heavy atom. The molecule has 0 spiro atoms. The van der Waals surface area contributed by atoms with E-state index in [1.807, 2.05) is 26.2 Å². The molecule has 18 heavy (non-hydrogen) atoms. The van der Waals surface area contributed by atoms with E-state index < -0.39 is 0 Å². The van der Waals surface area contributed by atoms with E-state index in [9.17, 15) is 4.79 Å². The van der Waals surface area contributed by atoms with E-state index in [-0.39, 0.29) is 18.0 Å². The third-order valence-electron chi connectivity index (χ3n) is 3.08. The Morgan fingerprint density at radius 1 is 1.44 bits per heavy atom. The summed E-state index contributed by atoms with van der Waals surface area (Å²) in [6.45, 7) is 6.65. The molecule has 1 atom stereocenters. The fourth-order valence-corrected chi connectivity index (χ4v) is 1.73. The highest BCUT2D eigenvalue weighted by molar-refractivity contribution is 5.81. The van der Waals surface area contributed by atoms with Crippen LogP contribution < -0.4 is 10.6 Å². The summed E-state index contributed by atoms with van der Waals surface area (Å²) in [5.74, 6) is 0.0552. The van der Waals surface area contributed by atoms with Crippen molar-refractivity contribution in [2.75, 3.05) is 0 Å². The second-order valence-electron chi connectivity index (χ2n) is 4.61. The fraction of sp³-hybridized carbons (Fsp3) is 0.692. The maximum Gasteiger partial charge on any atom is 0.237 e. The van der Waals surface area contributed by atoms with Crippen molar-refractivity contribution in [2.45, 2.75) is 52.2 Å². The van der Waals surface area contributed by atoms with Gasteiger partial charge < -0.3 is 10.6 Å². The van der Waals surface area contributed by atoms with Crippen molar-refractivity contribution in [1.29, 1.82) is 0 Å². The normalized spacial score (nSPS) is 12.7. The summed E-state index contributed by atoms with van der Waals surface area (Å²) in [4.78, 5) is 11.9. The Morgan fingerprint density at radius 2 is 2.11 bits per heavy atom. The lowest BCUT2D eigenvalue weighted by atomic mass is 10.1. The Bertz CT molecular complexity index is 371. The Labute approximate surface area is 109 Å². The molecule has 1 heterocycles. The summed E-state index contributed by atoms with van der Waals surface area (Å²) in [6, 6.07) is 2.02. The number of aromatic nitrogens is 2. The summed E-state index contributed by atoms with van der Waals surface area (Å²) in [5, 5.41) is 10.5. The van der Waals surface area contributed by atoms with Gasteiger partial charge in [0.05, 0.1) is 11.7 Å². The van der Waals surface area contributed by atoms with E-state index in [1.165, 1.54) is 0 Å². The molecule has 0 aliphatic rings. The summed E-state index contributed by atoms with van der Waals surface area (Å²) in [6.07, 6.45) is 3.83. The van der Waals surface area contributed by atoms with E-state index in [1.54, 1.807) is 4.68 Å². The largest absolute Gasteiger partial charge is 0.352 e. The lowest BCUT2D eigenvalue weighted by Crippen LogP contribution is -2.45. The van der Waals surface area contributed by atoms with Crippen molar-refractivity contribution >= 4 is 5.91 Å². The van der Waals surface area contributed by atoms with Crippen LogP contribution in [0.4, 0.5) is 0 Å². The highest BCUT2D eigenvalue weighted by atomic mass is 16.2. The SMILES string of the molecule is CCC(CC)NC(=O)C(C)NCc1ccn(C)n1. The van der Waals surface area contributed by atoms with Gasteiger partial charge in [-0.3, -0.25) is 9.48 Å². The van der Waals surface area contributed by atoms with Crippen LogP contribution in [0.3, 0.4) is 0 Å². The van der Waals surface area contributed by atoms with Gasteiger partial charge in [-0.15, -0.1) is 0 Å². The van der Waals surface area contributed by atoms with Gasteiger partial charge in [-0.2, -0.15) is 5.10 Å². The molecule has 1 unspecified atom stereocenters. The van der Waals surface area contributed by atoms with Crippen LogP contribution >= 0.6 is 0 Å². The van der Waals surface area contributed by atoms with E-state index in [2.05, 4.69) is 29.6 Å². The average molecular weight is 252 g/mol. The molecule has 5 heteroatoms. The van der Waals surface area contributed by atoms with Crippen molar-refractivity contribution < 1.29 is 4.79 Å². The summed E-state index contributed by atoms with van der Waals surface area (Å²) >= 11 is 0. The van der Waals surface area contributed by atoms with Crippen LogP contribution in [0, 0.1) is 0 Å². The van der Waals surface area contributed by atoms with Crippen molar-refractivity contribution in [2.24, 2.45) is 7.05 Å². The van der Waals surface area contributed by atoms with Crippen LogP contribution in [0.25, 0.3) is 0 Å². The molecule has 5 nitrogen and oxygen atoms in total. The monoisotopic (exact) mass is 252 g/mol. The van der Waals surface area contributed by atoms with Crippen LogP contribution in [-0.2, 0) is 18.4 Å². The Hall–Kier alpha value is -1.36. The minimum absolute atomic E-state index is 0.0552. The van der Waals surface area contributed by atoms with Crippen molar-refractivity contribution in [3.63, 3.8) is 0 Å². The van der Waals surface area contributed by atoms with E-state index in [0.29, 0.717) is 6.54 Å². The van der Waals surface area contributed by atoms with Gasteiger partial charge >= 0.3 is 0 Å². The number of hydrogen-bond donors (Lipinski definition) is 2. The Balaban J connectivity index is 2.35. The van der Waals surface area contributed by atoms with Crippen molar-refractivity contribution in [1.82, 2.24) is 20.4 Å². The van der Waals surface area contributed by atoms with Gasteiger partial charge in [0.25, 0.3) is 0 Å². The molecule has 1 aromatic heterocycles. The molecule has 0 aromatic carbocycles. The molecule has 0 fully saturated rings. The lowest BCUT2D eigenvalue weighted by Gasteiger charge is -2.19. The topological polar surface area (TPSA) is 59.0 Å². The van der Waals surface area contributed by atoms with E-state index in [4.69, 9.17) is 0 Å². The second kappa shape index (κ2) is 7.16. The molecule has 1 rings (SSSR count). The van der Waals surface area contributed by atoms with Gasteiger partial charge in [0.1, 0.15) is 0 Å². The predicted octanol–water partition coefficient (Wildman–Crippen LogP) is 1.20. The van der Waals surface area contributed by atoms with Gasteiger partial charge in [0.2, 0.25) is 5.91 Å². The zero-order chi connectivity index (χ0) is 13.5. The molecule has 0 radical (unpaired) electrons. The number of amides is 1. The van der Waals surface area contributed by atoms with Gasteiger partial charge in [0.15, 0.2) is 0 Å². The standard InChI is InChI=1S/C13H24N4O/c1-5-11(6-2)15-13(18)10(3)14-9-12-7-8-17(4)16-12/h7-8,10-11,14H,5-6,9H2,1-4H3,(H,15,18). The van der Waals surface area contributed by atoms with Crippen molar-refractivity contribution in [3.05, 3.63) is 18.0 Å². The first-order valence-electron chi connectivity index (χ1n) is 6.59. The quantitative estimate of drug-likeness (QED) is 0.766. The minimum Gasteiger partial charge on any atom is -0.352 e. The molecule has 102 valence electrons. The molecule has 0 bridgehead atoms. The third-order valence-corrected chi connectivity index (χ3v) is 3.08. The summed E-state index contributed by atoms with van der Waals surface area (Å²) in [5.41, 5.74) is 0.944. The molecule has 0 aliphatic carbocycles. The molecule has 0 saturated heterocycles. The van der Waals surface area contributed by atoms with Gasteiger partial charge in [-0.05, 0) is 25.8 Å².